The number of halogens is 3. The van der Waals surface area contributed by atoms with Crippen LogP contribution < -0.4 is 20.1 Å². The maximum Gasteiger partial charge on any atom is 0.421 e. The highest BCUT2D eigenvalue weighted by atomic mass is 19.4. The first-order chi connectivity index (χ1) is 15.0. The maximum absolute atomic E-state index is 13.6. The summed E-state index contributed by atoms with van der Waals surface area (Å²) in [4.78, 5) is 7.92. The van der Waals surface area contributed by atoms with Crippen molar-refractivity contribution in [3.63, 3.8) is 0 Å². The first-order valence-electron chi connectivity index (χ1n) is 10.0. The lowest BCUT2D eigenvalue weighted by molar-refractivity contribution is -0.137. The van der Waals surface area contributed by atoms with Crippen molar-refractivity contribution in [3.05, 3.63) is 60.3 Å². The van der Waals surface area contributed by atoms with Crippen molar-refractivity contribution in [2.24, 2.45) is 0 Å². The molecular weight excluding hydrogens is 421 g/mol. The molecule has 32 heavy (non-hydrogen) atoms. The molecule has 0 saturated heterocycles. The van der Waals surface area contributed by atoms with Crippen molar-refractivity contribution in [3.8, 4) is 11.5 Å². The number of alkyl halides is 3. The number of aromatic nitrogens is 2. The highest BCUT2D eigenvalue weighted by Gasteiger charge is 2.35. The molecule has 0 amide bonds. The summed E-state index contributed by atoms with van der Waals surface area (Å²) in [6, 6.07) is 13.7. The average Bonchev–Trinajstić information content (AvgIpc) is 2.69. The van der Waals surface area contributed by atoms with Crippen molar-refractivity contribution in [1.82, 2.24) is 9.97 Å². The van der Waals surface area contributed by atoms with Crippen molar-refractivity contribution >= 4 is 23.1 Å². The van der Waals surface area contributed by atoms with E-state index < -0.39 is 17.3 Å². The van der Waals surface area contributed by atoms with Gasteiger partial charge < -0.3 is 20.1 Å². The van der Waals surface area contributed by atoms with Gasteiger partial charge in [0.25, 0.3) is 0 Å². The van der Waals surface area contributed by atoms with Crippen molar-refractivity contribution in [1.29, 1.82) is 0 Å². The Balaban J connectivity index is 1.92. The molecule has 0 bridgehead atoms. The third kappa shape index (κ3) is 6.26. The number of nitrogens with one attached hydrogen (secondary N) is 2. The van der Waals surface area contributed by atoms with Crippen molar-refractivity contribution in [2.45, 2.75) is 39.5 Å². The third-order valence-electron chi connectivity index (χ3n) is 4.07. The summed E-state index contributed by atoms with van der Waals surface area (Å²) >= 11 is 0. The molecule has 1 heterocycles. The lowest BCUT2D eigenvalue weighted by Crippen LogP contribution is -2.23. The Bertz CT molecular complexity index is 1050. The van der Waals surface area contributed by atoms with E-state index in [0.29, 0.717) is 29.5 Å². The molecule has 2 aromatic carbocycles. The maximum atomic E-state index is 13.6. The zero-order chi connectivity index (χ0) is 23.4. The molecule has 0 aliphatic rings. The Morgan fingerprint density at radius 3 is 2.25 bits per heavy atom. The van der Waals surface area contributed by atoms with Gasteiger partial charge in [0.15, 0.2) is 0 Å². The third-order valence-corrected chi connectivity index (χ3v) is 4.07. The molecule has 6 nitrogen and oxygen atoms in total. The van der Waals surface area contributed by atoms with Crippen LogP contribution in [0.4, 0.5) is 36.3 Å². The molecule has 0 atom stereocenters. The minimum atomic E-state index is -4.64. The first-order valence-corrected chi connectivity index (χ1v) is 10.0. The van der Waals surface area contributed by atoms with E-state index >= 15 is 0 Å². The van der Waals surface area contributed by atoms with E-state index in [1.807, 2.05) is 27.7 Å². The monoisotopic (exact) mass is 446 g/mol. The molecule has 0 spiro atoms. The molecule has 170 valence electrons. The van der Waals surface area contributed by atoms with Gasteiger partial charge in [-0.05, 0) is 64.1 Å². The first kappa shape index (κ1) is 23.2. The van der Waals surface area contributed by atoms with E-state index in [4.69, 9.17) is 9.47 Å². The Morgan fingerprint density at radius 2 is 1.62 bits per heavy atom. The molecule has 9 heteroatoms. The second kappa shape index (κ2) is 9.33. The smallest absolute Gasteiger partial charge is 0.421 e. The van der Waals surface area contributed by atoms with Gasteiger partial charge in [0.05, 0.1) is 12.3 Å². The summed E-state index contributed by atoms with van der Waals surface area (Å²) in [5.74, 6) is 0.724. The molecular formula is C23H25F3N4O2. The summed E-state index contributed by atoms with van der Waals surface area (Å²) in [5, 5.41) is 5.68. The fraction of sp³-hybridized carbons (Fsp3) is 0.304. The second-order valence-corrected chi connectivity index (χ2v) is 7.87. The van der Waals surface area contributed by atoms with Crippen LogP contribution in [0.5, 0.6) is 11.5 Å². The number of nitrogens with zero attached hydrogens (tertiary/aromatic N) is 2. The number of hydrogen-bond acceptors (Lipinski definition) is 6. The van der Waals surface area contributed by atoms with Gasteiger partial charge in [0, 0.05) is 11.9 Å². The Kier molecular flexibility index (Phi) is 6.76. The molecule has 0 unspecified atom stereocenters. The van der Waals surface area contributed by atoms with Crippen molar-refractivity contribution in [2.75, 3.05) is 17.2 Å². The van der Waals surface area contributed by atoms with Crippen LogP contribution in [0, 0.1) is 0 Å². The summed E-state index contributed by atoms with van der Waals surface area (Å²) in [7, 11) is 0. The quantitative estimate of drug-likeness (QED) is 0.428. The van der Waals surface area contributed by atoms with Gasteiger partial charge in [-0.25, -0.2) is 4.98 Å². The van der Waals surface area contributed by atoms with E-state index in [-0.39, 0.29) is 11.8 Å². The Labute approximate surface area is 184 Å². The molecule has 0 saturated carbocycles. The molecule has 2 N–H and O–H groups in total. The molecule has 0 aliphatic heterocycles. The van der Waals surface area contributed by atoms with Gasteiger partial charge in [-0.2, -0.15) is 18.2 Å². The van der Waals surface area contributed by atoms with Gasteiger partial charge in [0.1, 0.15) is 28.5 Å². The Morgan fingerprint density at radius 1 is 0.938 bits per heavy atom. The van der Waals surface area contributed by atoms with Crippen molar-refractivity contribution < 1.29 is 22.6 Å². The number of hydrogen-bond donors (Lipinski definition) is 2. The minimum absolute atomic E-state index is 0.0129. The highest BCUT2D eigenvalue weighted by molar-refractivity contribution is 5.67. The zero-order valence-electron chi connectivity index (χ0n) is 18.2. The second-order valence-electron chi connectivity index (χ2n) is 7.87. The van der Waals surface area contributed by atoms with E-state index in [1.165, 1.54) is 0 Å². The fourth-order valence-corrected chi connectivity index (χ4v) is 2.79. The van der Waals surface area contributed by atoms with Crippen LogP contribution in [-0.4, -0.2) is 22.2 Å². The van der Waals surface area contributed by atoms with Crippen LogP contribution in [-0.2, 0) is 6.18 Å². The van der Waals surface area contributed by atoms with Crippen LogP contribution >= 0.6 is 0 Å². The predicted octanol–water partition coefficient (Wildman–Crippen LogP) is 6.56. The van der Waals surface area contributed by atoms with E-state index in [0.717, 1.165) is 6.20 Å². The van der Waals surface area contributed by atoms with Gasteiger partial charge in [-0.1, -0.05) is 12.1 Å². The molecule has 0 radical (unpaired) electrons. The fourth-order valence-electron chi connectivity index (χ4n) is 2.79. The van der Waals surface area contributed by atoms with Crippen LogP contribution in [0.1, 0.15) is 33.3 Å². The lowest BCUT2D eigenvalue weighted by Gasteiger charge is -2.24. The summed E-state index contributed by atoms with van der Waals surface area (Å²) in [6.45, 7) is 7.98. The summed E-state index contributed by atoms with van der Waals surface area (Å²) < 4.78 is 52.1. The number of ether oxygens (including phenoxy) is 2. The molecule has 3 rings (SSSR count). The standard InChI is InChI=1S/C23H25F3N4O2/c1-5-31-16-12-10-15(11-13-16)28-21-27-14-17(23(24,25)26)20(30-21)29-18-8-6-7-9-19(18)32-22(2,3)4/h6-14H,5H2,1-4H3,(H2,27,28,29,30). The summed E-state index contributed by atoms with van der Waals surface area (Å²) in [6.07, 6.45) is -3.89. The van der Waals surface area contributed by atoms with Gasteiger partial charge in [-0.15, -0.1) is 0 Å². The van der Waals surface area contributed by atoms with Gasteiger partial charge >= 0.3 is 6.18 Å². The minimum Gasteiger partial charge on any atom is -0.494 e. The summed E-state index contributed by atoms with van der Waals surface area (Å²) in [5.41, 5.74) is -0.550. The van der Waals surface area contributed by atoms with E-state index in [1.54, 1.807) is 48.5 Å². The predicted molar refractivity (Wildman–Crippen MR) is 118 cm³/mol. The number of benzene rings is 2. The van der Waals surface area contributed by atoms with E-state index in [2.05, 4.69) is 20.6 Å². The lowest BCUT2D eigenvalue weighted by atomic mass is 10.2. The SMILES string of the molecule is CCOc1ccc(Nc2ncc(C(F)(F)F)c(Nc3ccccc3OC(C)(C)C)n2)cc1. The molecule has 0 aliphatic carbocycles. The average molecular weight is 446 g/mol. The number of anilines is 4. The van der Waals surface area contributed by atoms with E-state index in [9.17, 15) is 13.2 Å². The number of para-hydroxylation sites is 2. The molecule has 1 aromatic heterocycles. The topological polar surface area (TPSA) is 68.3 Å². The zero-order valence-corrected chi connectivity index (χ0v) is 18.2. The van der Waals surface area contributed by atoms with Crippen LogP contribution in [0.15, 0.2) is 54.7 Å². The normalized spacial score (nSPS) is 11.7. The number of rotatable bonds is 7. The largest absolute Gasteiger partial charge is 0.494 e. The molecule has 0 fully saturated rings. The molecule has 3 aromatic rings. The van der Waals surface area contributed by atoms with Crippen LogP contribution in [0.3, 0.4) is 0 Å². The van der Waals surface area contributed by atoms with Gasteiger partial charge in [-0.3, -0.25) is 0 Å². The Hall–Kier alpha value is -3.49. The van der Waals surface area contributed by atoms with Crippen LogP contribution in [0.2, 0.25) is 0 Å². The van der Waals surface area contributed by atoms with Crippen LogP contribution in [0.25, 0.3) is 0 Å². The van der Waals surface area contributed by atoms with Gasteiger partial charge in [0.2, 0.25) is 5.95 Å². The highest BCUT2D eigenvalue weighted by Crippen LogP contribution is 2.37.